The van der Waals surface area contributed by atoms with Crippen LogP contribution in [0.15, 0.2) is 60.4 Å². The van der Waals surface area contributed by atoms with Gasteiger partial charge in [0.15, 0.2) is 0 Å². The zero-order chi connectivity index (χ0) is 17.5. The van der Waals surface area contributed by atoms with Crippen LogP contribution >= 0.6 is 0 Å². The number of aryl methyl sites for hydroxylation is 1. The number of benzene rings is 1. The number of aromatic nitrogens is 1. The van der Waals surface area contributed by atoms with E-state index in [0.717, 1.165) is 37.2 Å². The predicted octanol–water partition coefficient (Wildman–Crippen LogP) is 3.56. The molecule has 1 aromatic carbocycles. The van der Waals surface area contributed by atoms with Crippen molar-refractivity contribution < 1.29 is 4.79 Å². The number of hydrogen-bond acceptors (Lipinski definition) is 2. The molecule has 0 spiro atoms. The fourth-order valence-electron chi connectivity index (χ4n) is 4.51. The topological polar surface area (TPSA) is 37.3 Å². The summed E-state index contributed by atoms with van der Waals surface area (Å²) in [6.45, 7) is 1.86. The van der Waals surface area contributed by atoms with Gasteiger partial charge >= 0.3 is 0 Å². The van der Waals surface area contributed by atoms with E-state index in [4.69, 9.17) is 0 Å². The molecule has 26 heavy (non-hydrogen) atoms. The van der Waals surface area contributed by atoms with Crippen LogP contribution in [0.4, 0.5) is 0 Å². The van der Waals surface area contributed by atoms with Gasteiger partial charge in [0.05, 0.1) is 17.3 Å². The molecule has 1 N–H and O–H groups in total. The fourth-order valence-corrected chi connectivity index (χ4v) is 4.51. The van der Waals surface area contributed by atoms with Crippen LogP contribution in [-0.2, 0) is 19.4 Å². The molecule has 4 heterocycles. The van der Waals surface area contributed by atoms with Crippen molar-refractivity contribution in [2.24, 2.45) is 0 Å². The number of fused-ring (bicyclic) bond motifs is 3. The predicted molar refractivity (Wildman–Crippen MR) is 102 cm³/mol. The zero-order valence-corrected chi connectivity index (χ0v) is 14.8. The highest BCUT2D eigenvalue weighted by atomic mass is 16.2. The van der Waals surface area contributed by atoms with Crippen molar-refractivity contribution in [2.45, 2.75) is 38.3 Å². The largest absolute Gasteiger partial charge is 0.386 e. The minimum atomic E-state index is 0.0351. The van der Waals surface area contributed by atoms with E-state index in [2.05, 4.69) is 52.4 Å². The smallest absolute Gasteiger partial charge is 0.260 e. The maximum absolute atomic E-state index is 13.5. The van der Waals surface area contributed by atoms with Crippen LogP contribution in [0.1, 0.15) is 46.2 Å². The third kappa shape index (κ3) is 2.40. The van der Waals surface area contributed by atoms with Gasteiger partial charge in [-0.15, -0.1) is 0 Å². The number of carbonyl (C=O) groups is 1. The van der Waals surface area contributed by atoms with E-state index in [0.29, 0.717) is 0 Å². The van der Waals surface area contributed by atoms with Crippen molar-refractivity contribution in [3.63, 3.8) is 0 Å². The summed E-state index contributed by atoms with van der Waals surface area (Å²) in [6, 6.07) is 12.6. The second-order valence-electron chi connectivity index (χ2n) is 7.29. The Morgan fingerprint density at radius 2 is 2.00 bits per heavy atom. The summed E-state index contributed by atoms with van der Waals surface area (Å²) in [4.78, 5) is 15.5. The number of carbonyl (C=O) groups excluding carboxylic acids is 1. The van der Waals surface area contributed by atoms with E-state index < -0.39 is 0 Å². The molecular formula is C22H23N3O. The van der Waals surface area contributed by atoms with Crippen molar-refractivity contribution in [1.29, 1.82) is 0 Å². The highest BCUT2D eigenvalue weighted by Crippen LogP contribution is 2.38. The maximum Gasteiger partial charge on any atom is 0.260 e. The van der Waals surface area contributed by atoms with Crippen LogP contribution in [0.25, 0.3) is 0 Å². The normalized spacial score (nSPS) is 21.7. The summed E-state index contributed by atoms with van der Waals surface area (Å²) in [5.74, 6) is 0.126. The van der Waals surface area contributed by atoms with Crippen LogP contribution < -0.4 is 5.32 Å². The Morgan fingerprint density at radius 1 is 1.12 bits per heavy atom. The average Bonchev–Trinajstić information content (AvgIpc) is 3.08. The van der Waals surface area contributed by atoms with Gasteiger partial charge in [-0.3, -0.25) is 9.69 Å². The molecule has 1 unspecified atom stereocenters. The number of dihydropyridines is 1. The molecule has 0 aliphatic carbocycles. The summed E-state index contributed by atoms with van der Waals surface area (Å²) in [5.41, 5.74) is 5.59. The van der Waals surface area contributed by atoms with E-state index in [9.17, 15) is 4.79 Å². The molecule has 0 radical (unpaired) electrons. The van der Waals surface area contributed by atoms with Crippen LogP contribution in [0.5, 0.6) is 0 Å². The monoisotopic (exact) mass is 345 g/mol. The summed E-state index contributed by atoms with van der Waals surface area (Å²) >= 11 is 0. The summed E-state index contributed by atoms with van der Waals surface area (Å²) in [7, 11) is 0. The van der Waals surface area contributed by atoms with E-state index in [1.165, 1.54) is 29.8 Å². The molecular weight excluding hydrogens is 322 g/mol. The Bertz CT molecular complexity index is 907. The standard InChI is InChI=1S/C22H23N3O/c26-22-19-13-17-9-4-5-12-24(17)21(19)14-20(16-7-2-1-3-8-16)25(22)18-10-6-11-23-15-18/h1-3,6-8,10,13,15,20,23H,4-5,9,11-12,14H2. The molecule has 1 aromatic heterocycles. The van der Waals surface area contributed by atoms with Crippen molar-refractivity contribution in [3.8, 4) is 0 Å². The van der Waals surface area contributed by atoms with Gasteiger partial charge in [-0.2, -0.15) is 0 Å². The number of hydrogen-bond donors (Lipinski definition) is 1. The second-order valence-corrected chi connectivity index (χ2v) is 7.29. The van der Waals surface area contributed by atoms with E-state index in [1.807, 2.05) is 17.2 Å². The van der Waals surface area contributed by atoms with Crippen LogP contribution in [0.2, 0.25) is 0 Å². The lowest BCUT2D eigenvalue weighted by atomic mass is 9.92. The first-order valence-electron chi connectivity index (χ1n) is 9.53. The van der Waals surface area contributed by atoms with Crippen molar-refractivity contribution in [2.75, 3.05) is 6.54 Å². The molecule has 0 saturated heterocycles. The third-order valence-electron chi connectivity index (χ3n) is 5.74. The first kappa shape index (κ1) is 15.5. The minimum absolute atomic E-state index is 0.0351. The molecule has 4 heteroatoms. The minimum Gasteiger partial charge on any atom is -0.386 e. The number of amides is 1. The number of nitrogens with one attached hydrogen (secondary N) is 1. The van der Waals surface area contributed by atoms with Crippen LogP contribution in [-0.4, -0.2) is 21.9 Å². The molecule has 2 aromatic rings. The molecule has 132 valence electrons. The van der Waals surface area contributed by atoms with Gasteiger partial charge in [-0.25, -0.2) is 0 Å². The molecule has 0 saturated carbocycles. The third-order valence-corrected chi connectivity index (χ3v) is 5.74. The van der Waals surface area contributed by atoms with Crippen molar-refractivity contribution in [1.82, 2.24) is 14.8 Å². The molecule has 0 bridgehead atoms. The Balaban J connectivity index is 1.64. The van der Waals surface area contributed by atoms with Gasteiger partial charge < -0.3 is 9.88 Å². The molecule has 0 fully saturated rings. The molecule has 3 aliphatic heterocycles. The van der Waals surface area contributed by atoms with Crippen LogP contribution in [0.3, 0.4) is 0 Å². The SMILES string of the molecule is O=C1c2cc3n(c2CC(c2ccccc2)N1C1=CNCC=C1)CCCC3. The van der Waals surface area contributed by atoms with Crippen molar-refractivity contribution in [3.05, 3.63) is 83.0 Å². The molecule has 1 amide bonds. The zero-order valence-electron chi connectivity index (χ0n) is 14.8. The molecule has 5 rings (SSSR count). The number of nitrogens with zero attached hydrogens (tertiary/aromatic N) is 2. The van der Waals surface area contributed by atoms with Gasteiger partial charge in [0.2, 0.25) is 0 Å². The van der Waals surface area contributed by atoms with Crippen LogP contribution in [0, 0.1) is 0 Å². The van der Waals surface area contributed by atoms with Gasteiger partial charge in [0.1, 0.15) is 0 Å². The first-order valence-corrected chi connectivity index (χ1v) is 9.53. The highest BCUT2D eigenvalue weighted by Gasteiger charge is 2.38. The second kappa shape index (κ2) is 6.20. The number of allylic oxidation sites excluding steroid dienone is 1. The Morgan fingerprint density at radius 3 is 2.81 bits per heavy atom. The summed E-state index contributed by atoms with van der Waals surface area (Å²) in [5, 5.41) is 3.25. The summed E-state index contributed by atoms with van der Waals surface area (Å²) in [6.07, 6.45) is 10.5. The maximum atomic E-state index is 13.5. The Kier molecular flexibility index (Phi) is 3.70. The lowest BCUT2D eigenvalue weighted by Gasteiger charge is -2.38. The fraction of sp³-hybridized carbons (Fsp3) is 0.318. The first-order chi connectivity index (χ1) is 12.8. The number of rotatable bonds is 2. The van der Waals surface area contributed by atoms with Gasteiger partial charge in [0.25, 0.3) is 5.91 Å². The molecule has 3 aliphatic rings. The lowest BCUT2D eigenvalue weighted by Crippen LogP contribution is -2.40. The van der Waals surface area contributed by atoms with E-state index >= 15 is 0 Å². The Hall–Kier alpha value is -2.75. The van der Waals surface area contributed by atoms with Crippen molar-refractivity contribution >= 4 is 5.91 Å². The summed E-state index contributed by atoms with van der Waals surface area (Å²) < 4.78 is 2.41. The quantitative estimate of drug-likeness (QED) is 0.903. The van der Waals surface area contributed by atoms with Gasteiger partial charge in [-0.05, 0) is 37.0 Å². The molecule has 1 atom stereocenters. The average molecular weight is 345 g/mol. The highest BCUT2D eigenvalue weighted by molar-refractivity contribution is 5.98. The van der Waals surface area contributed by atoms with Gasteiger partial charge in [0, 0.05) is 37.1 Å². The van der Waals surface area contributed by atoms with Gasteiger partial charge in [-0.1, -0.05) is 36.4 Å². The Labute approximate surface area is 153 Å². The molecule has 4 nitrogen and oxygen atoms in total. The van der Waals surface area contributed by atoms with E-state index in [1.54, 1.807) is 0 Å². The lowest BCUT2D eigenvalue weighted by molar-refractivity contribution is 0.0723. The van der Waals surface area contributed by atoms with E-state index in [-0.39, 0.29) is 11.9 Å².